The fourth-order valence-electron chi connectivity index (χ4n) is 8.65. The lowest BCUT2D eigenvalue weighted by Gasteiger charge is -2.41. The minimum absolute atomic E-state index is 0.0173. The van der Waals surface area contributed by atoms with Crippen molar-refractivity contribution in [1.82, 2.24) is 0 Å². The first-order valence-electron chi connectivity index (χ1n) is 16.6. The largest absolute Gasteiger partial charge is 0.497 e. The molecule has 1 spiro atoms. The van der Waals surface area contributed by atoms with Crippen LogP contribution in [0.5, 0.6) is 11.5 Å². The van der Waals surface area contributed by atoms with Gasteiger partial charge in [0.25, 0.3) is 0 Å². The summed E-state index contributed by atoms with van der Waals surface area (Å²) < 4.78 is 13.1. The molecule has 0 amide bonds. The highest BCUT2D eigenvalue weighted by atomic mass is 16.5. The van der Waals surface area contributed by atoms with Crippen molar-refractivity contribution in [2.45, 2.75) is 43.1 Å². The topological polar surface area (TPSA) is 18.5 Å². The van der Waals surface area contributed by atoms with E-state index >= 15 is 0 Å². The first-order chi connectivity index (χ1) is 22.7. The summed E-state index contributed by atoms with van der Waals surface area (Å²) in [7, 11) is 1.71. The minimum Gasteiger partial charge on any atom is -0.497 e. The first-order valence-corrected chi connectivity index (χ1v) is 16.6. The van der Waals surface area contributed by atoms with Crippen LogP contribution < -0.4 is 9.47 Å². The summed E-state index contributed by atoms with van der Waals surface area (Å²) in [5.74, 6) is 1.82. The van der Waals surface area contributed by atoms with Crippen LogP contribution in [-0.2, 0) is 11.0 Å². The zero-order valence-corrected chi connectivity index (χ0v) is 26.1. The summed E-state index contributed by atoms with van der Waals surface area (Å²) in [6.45, 7) is 0. The lowest BCUT2D eigenvalue weighted by Crippen LogP contribution is -2.35. The average Bonchev–Trinajstić information content (AvgIpc) is 3.41. The van der Waals surface area contributed by atoms with Gasteiger partial charge in [-0.3, -0.25) is 0 Å². The van der Waals surface area contributed by atoms with E-state index in [1.807, 2.05) is 12.1 Å². The molecule has 0 aromatic heterocycles. The van der Waals surface area contributed by atoms with Crippen molar-refractivity contribution in [3.05, 3.63) is 161 Å². The second-order valence-corrected chi connectivity index (χ2v) is 13.1. The van der Waals surface area contributed by atoms with E-state index in [-0.39, 0.29) is 5.41 Å². The highest BCUT2D eigenvalue weighted by Gasteiger charge is 2.48. The Balaban J connectivity index is 1.29. The second-order valence-electron chi connectivity index (χ2n) is 13.1. The third-order valence-corrected chi connectivity index (χ3v) is 10.8. The number of rotatable bonds is 4. The maximum atomic E-state index is 7.55. The highest BCUT2D eigenvalue weighted by Crippen LogP contribution is 2.62. The van der Waals surface area contributed by atoms with E-state index < -0.39 is 5.60 Å². The van der Waals surface area contributed by atoms with E-state index in [0.29, 0.717) is 0 Å². The molecule has 46 heavy (non-hydrogen) atoms. The standard InChI is InChI=1S/C44H36O2/c1-45-34-24-22-33(23-25-34)44(32-20-18-31(19-21-32)30-12-4-2-5-13-30)29-26-38-41-40(35-14-6-7-15-36(35)42(38)46-44)37-16-8-9-17-39(37)43(41)27-10-3-11-28-43/h2,4-9,12-26,29H,3,10-11,27-28H2,1H3. The Bertz CT molecular complexity index is 2120. The molecule has 1 fully saturated rings. The molecule has 1 saturated carbocycles. The van der Waals surface area contributed by atoms with Gasteiger partial charge < -0.3 is 9.47 Å². The number of benzene rings is 6. The molecule has 1 unspecified atom stereocenters. The summed E-state index contributed by atoms with van der Waals surface area (Å²) >= 11 is 0. The van der Waals surface area contributed by atoms with Crippen molar-refractivity contribution in [3.8, 4) is 33.8 Å². The van der Waals surface area contributed by atoms with Crippen LogP contribution in [0.1, 0.15) is 59.9 Å². The fourth-order valence-corrected chi connectivity index (χ4v) is 8.65. The SMILES string of the molecule is COc1ccc(C2(c3ccc(-c4ccccc4)cc3)C=Cc3c4c(c5ccccc5c3O2)-c2ccccc2C42CCCCC2)cc1. The monoisotopic (exact) mass is 596 g/mol. The Labute approximate surface area is 271 Å². The molecule has 0 N–H and O–H groups in total. The predicted octanol–water partition coefficient (Wildman–Crippen LogP) is 11.1. The third-order valence-electron chi connectivity index (χ3n) is 10.8. The Morgan fingerprint density at radius 1 is 0.609 bits per heavy atom. The predicted molar refractivity (Wildman–Crippen MR) is 189 cm³/mol. The van der Waals surface area contributed by atoms with Gasteiger partial charge in [0.05, 0.1) is 7.11 Å². The van der Waals surface area contributed by atoms with Crippen LogP contribution in [0.25, 0.3) is 39.1 Å². The zero-order chi connectivity index (χ0) is 30.7. The smallest absolute Gasteiger partial charge is 0.178 e. The normalized spacial score (nSPS) is 18.9. The maximum Gasteiger partial charge on any atom is 0.178 e. The van der Waals surface area contributed by atoms with Gasteiger partial charge in [-0.2, -0.15) is 0 Å². The molecule has 9 rings (SSSR count). The number of methoxy groups -OCH3 is 1. The molecule has 0 radical (unpaired) electrons. The van der Waals surface area contributed by atoms with Gasteiger partial charge in [-0.15, -0.1) is 0 Å². The fraction of sp³-hybridized carbons (Fsp3) is 0.182. The van der Waals surface area contributed by atoms with Crippen LogP contribution in [0, 0.1) is 0 Å². The minimum atomic E-state index is -0.809. The van der Waals surface area contributed by atoms with Gasteiger partial charge in [0.15, 0.2) is 5.60 Å². The van der Waals surface area contributed by atoms with Crippen molar-refractivity contribution in [1.29, 1.82) is 0 Å². The van der Waals surface area contributed by atoms with E-state index in [0.717, 1.165) is 22.6 Å². The zero-order valence-electron chi connectivity index (χ0n) is 26.1. The first kappa shape index (κ1) is 27.2. The molecule has 224 valence electrons. The molecule has 2 heteroatoms. The van der Waals surface area contributed by atoms with Gasteiger partial charge in [0, 0.05) is 27.5 Å². The van der Waals surface area contributed by atoms with Crippen LogP contribution in [0.3, 0.4) is 0 Å². The molecule has 1 atom stereocenters. The molecular formula is C44H36O2. The number of fused-ring (bicyclic) bond motifs is 10. The average molecular weight is 597 g/mol. The molecule has 3 aliphatic rings. The van der Waals surface area contributed by atoms with Gasteiger partial charge in [-0.1, -0.05) is 141 Å². The van der Waals surface area contributed by atoms with Crippen LogP contribution in [0.2, 0.25) is 0 Å². The Morgan fingerprint density at radius 2 is 1.24 bits per heavy atom. The van der Waals surface area contributed by atoms with Gasteiger partial charge in [-0.25, -0.2) is 0 Å². The Morgan fingerprint density at radius 3 is 1.98 bits per heavy atom. The van der Waals surface area contributed by atoms with Crippen molar-refractivity contribution in [2.24, 2.45) is 0 Å². The molecule has 6 aromatic carbocycles. The number of ether oxygens (including phenoxy) is 2. The lowest BCUT2D eigenvalue weighted by atomic mass is 9.66. The van der Waals surface area contributed by atoms with Crippen LogP contribution in [-0.4, -0.2) is 7.11 Å². The molecule has 1 aliphatic heterocycles. The van der Waals surface area contributed by atoms with Crippen LogP contribution >= 0.6 is 0 Å². The summed E-state index contributed by atoms with van der Waals surface area (Å²) in [5.41, 5.74) is 10.8. The van der Waals surface area contributed by atoms with E-state index in [1.165, 1.54) is 81.8 Å². The van der Waals surface area contributed by atoms with Crippen molar-refractivity contribution in [3.63, 3.8) is 0 Å². The molecule has 0 bridgehead atoms. The van der Waals surface area contributed by atoms with E-state index in [9.17, 15) is 0 Å². The van der Waals surface area contributed by atoms with E-state index in [1.54, 1.807) is 7.11 Å². The highest BCUT2D eigenvalue weighted by molar-refractivity contribution is 6.08. The van der Waals surface area contributed by atoms with E-state index in [4.69, 9.17) is 9.47 Å². The number of hydrogen-bond donors (Lipinski definition) is 0. The van der Waals surface area contributed by atoms with Crippen molar-refractivity contribution in [2.75, 3.05) is 7.11 Å². The quantitative estimate of drug-likeness (QED) is 0.202. The lowest BCUT2D eigenvalue weighted by molar-refractivity contribution is 0.163. The van der Waals surface area contributed by atoms with Gasteiger partial charge in [0.2, 0.25) is 0 Å². The summed E-state index contributed by atoms with van der Waals surface area (Å²) in [4.78, 5) is 0. The van der Waals surface area contributed by atoms with Gasteiger partial charge >= 0.3 is 0 Å². The van der Waals surface area contributed by atoms with Crippen molar-refractivity contribution >= 4 is 16.8 Å². The molecule has 2 nitrogen and oxygen atoms in total. The molecule has 2 aliphatic carbocycles. The summed E-state index contributed by atoms with van der Waals surface area (Å²) in [6.07, 6.45) is 10.9. The van der Waals surface area contributed by atoms with Crippen molar-refractivity contribution < 1.29 is 9.47 Å². The van der Waals surface area contributed by atoms with Gasteiger partial charge in [0.1, 0.15) is 11.5 Å². The molecule has 6 aromatic rings. The second kappa shape index (κ2) is 10.5. The molecular weight excluding hydrogens is 560 g/mol. The molecule has 1 heterocycles. The molecule has 0 saturated heterocycles. The third kappa shape index (κ3) is 3.89. The van der Waals surface area contributed by atoms with Gasteiger partial charge in [-0.05, 0) is 69.8 Å². The number of hydrogen-bond acceptors (Lipinski definition) is 2. The van der Waals surface area contributed by atoms with Crippen LogP contribution in [0.4, 0.5) is 0 Å². The Hall–Kier alpha value is -5.08. The van der Waals surface area contributed by atoms with Crippen LogP contribution in [0.15, 0.2) is 133 Å². The Kier molecular flexibility index (Phi) is 6.21. The van der Waals surface area contributed by atoms with E-state index in [2.05, 4.69) is 127 Å². The summed E-state index contributed by atoms with van der Waals surface area (Å²) in [5, 5.41) is 2.45. The maximum absolute atomic E-state index is 7.55. The summed E-state index contributed by atoms with van der Waals surface area (Å²) in [6, 6.07) is 45.9.